The number of alkyl halides is 3. The lowest BCUT2D eigenvalue weighted by Gasteiger charge is -2.17. The molecule has 0 saturated heterocycles. The van der Waals surface area contributed by atoms with Gasteiger partial charge in [0.15, 0.2) is 11.5 Å². The first-order valence-electron chi connectivity index (χ1n) is 8.95. The van der Waals surface area contributed by atoms with E-state index in [9.17, 15) is 18.0 Å². The topological polar surface area (TPSA) is 56.8 Å². The molecule has 5 nitrogen and oxygen atoms in total. The summed E-state index contributed by atoms with van der Waals surface area (Å²) in [5.41, 5.74) is 0.454. The molecule has 0 aromatic heterocycles. The second-order valence-electron chi connectivity index (χ2n) is 6.45. The molecule has 0 spiro atoms. The third kappa shape index (κ3) is 5.79. The van der Waals surface area contributed by atoms with E-state index in [1.807, 2.05) is 0 Å². The summed E-state index contributed by atoms with van der Waals surface area (Å²) in [4.78, 5) is 12.3. The van der Waals surface area contributed by atoms with Gasteiger partial charge >= 0.3 is 6.18 Å². The molecule has 1 unspecified atom stereocenters. The molecule has 0 aliphatic carbocycles. The van der Waals surface area contributed by atoms with Crippen LogP contribution in [0, 0.1) is 0 Å². The third-order valence-corrected chi connectivity index (χ3v) is 4.46. The van der Waals surface area contributed by atoms with E-state index < -0.39 is 17.8 Å². The molecular formula is C21H24F3NO4. The van der Waals surface area contributed by atoms with E-state index in [0.29, 0.717) is 29.2 Å². The van der Waals surface area contributed by atoms with E-state index in [4.69, 9.17) is 14.2 Å². The maximum absolute atomic E-state index is 12.9. The molecule has 0 radical (unpaired) electrons. The first-order chi connectivity index (χ1) is 13.7. The lowest BCUT2D eigenvalue weighted by molar-refractivity contribution is -0.137. The molecule has 29 heavy (non-hydrogen) atoms. The van der Waals surface area contributed by atoms with Gasteiger partial charge in [0.05, 0.1) is 32.9 Å². The van der Waals surface area contributed by atoms with Gasteiger partial charge in [-0.25, -0.2) is 0 Å². The number of ether oxygens (including phenoxy) is 3. The number of hydrogen-bond acceptors (Lipinski definition) is 4. The fourth-order valence-electron chi connectivity index (χ4n) is 2.92. The highest BCUT2D eigenvalue weighted by Gasteiger charge is 2.30. The van der Waals surface area contributed by atoms with Crippen molar-refractivity contribution in [2.24, 2.45) is 0 Å². The summed E-state index contributed by atoms with van der Waals surface area (Å²) in [6.45, 7) is 1.65. The Morgan fingerprint density at radius 3 is 2.17 bits per heavy atom. The van der Waals surface area contributed by atoms with Crippen LogP contribution in [0.25, 0.3) is 0 Å². The van der Waals surface area contributed by atoms with Gasteiger partial charge in [0.2, 0.25) is 11.7 Å². The molecule has 1 amide bonds. The molecule has 0 bridgehead atoms. The van der Waals surface area contributed by atoms with Gasteiger partial charge in [0.1, 0.15) is 0 Å². The van der Waals surface area contributed by atoms with Crippen LogP contribution in [0.4, 0.5) is 13.2 Å². The molecule has 1 N–H and O–H groups in total. The number of halogens is 3. The Hall–Kier alpha value is -2.90. The van der Waals surface area contributed by atoms with E-state index in [1.54, 1.807) is 25.1 Å². The highest BCUT2D eigenvalue weighted by Crippen LogP contribution is 2.38. The Labute approximate surface area is 167 Å². The second kappa shape index (κ2) is 9.54. The Kier molecular flexibility index (Phi) is 7.36. The molecule has 8 heteroatoms. The van der Waals surface area contributed by atoms with Crippen LogP contribution in [0.5, 0.6) is 17.2 Å². The highest BCUT2D eigenvalue weighted by molar-refractivity contribution is 5.76. The van der Waals surface area contributed by atoms with Crippen LogP contribution in [0.3, 0.4) is 0 Å². The zero-order valence-corrected chi connectivity index (χ0v) is 16.7. The molecule has 0 aliphatic rings. The first kappa shape index (κ1) is 22.4. The minimum atomic E-state index is -4.42. The van der Waals surface area contributed by atoms with Crippen LogP contribution >= 0.6 is 0 Å². The van der Waals surface area contributed by atoms with Gasteiger partial charge in [-0.15, -0.1) is 0 Å². The van der Waals surface area contributed by atoms with Crippen LogP contribution in [0.1, 0.15) is 36.1 Å². The van der Waals surface area contributed by atoms with Crippen LogP contribution in [0.2, 0.25) is 0 Å². The van der Waals surface area contributed by atoms with E-state index in [1.165, 1.54) is 27.4 Å². The molecule has 158 valence electrons. The number of hydrogen-bond donors (Lipinski definition) is 1. The monoisotopic (exact) mass is 411 g/mol. The van der Waals surface area contributed by atoms with E-state index in [0.717, 1.165) is 17.7 Å². The maximum atomic E-state index is 12.9. The summed E-state index contributed by atoms with van der Waals surface area (Å²) in [7, 11) is 4.51. The van der Waals surface area contributed by atoms with Crippen molar-refractivity contribution in [1.29, 1.82) is 0 Å². The van der Waals surface area contributed by atoms with Crippen molar-refractivity contribution in [3.05, 3.63) is 53.1 Å². The van der Waals surface area contributed by atoms with E-state index >= 15 is 0 Å². The molecule has 0 heterocycles. The lowest BCUT2D eigenvalue weighted by atomic mass is 10.0. The Balaban J connectivity index is 2.03. The lowest BCUT2D eigenvalue weighted by Crippen LogP contribution is -2.27. The van der Waals surface area contributed by atoms with Crippen molar-refractivity contribution in [2.75, 3.05) is 21.3 Å². The smallest absolute Gasteiger partial charge is 0.416 e. The quantitative estimate of drug-likeness (QED) is 0.693. The van der Waals surface area contributed by atoms with Gasteiger partial charge in [-0.1, -0.05) is 12.1 Å². The molecule has 0 aliphatic heterocycles. The minimum Gasteiger partial charge on any atom is -0.493 e. The van der Waals surface area contributed by atoms with Gasteiger partial charge < -0.3 is 19.5 Å². The van der Waals surface area contributed by atoms with Gasteiger partial charge in [-0.3, -0.25) is 4.79 Å². The molecule has 2 aromatic rings. The van der Waals surface area contributed by atoms with Crippen molar-refractivity contribution in [3.63, 3.8) is 0 Å². The average Bonchev–Trinajstić information content (AvgIpc) is 2.70. The van der Waals surface area contributed by atoms with E-state index in [-0.39, 0.29) is 12.3 Å². The Bertz CT molecular complexity index is 827. The van der Waals surface area contributed by atoms with Crippen LogP contribution in [0.15, 0.2) is 36.4 Å². The zero-order chi connectivity index (χ0) is 21.6. The van der Waals surface area contributed by atoms with Gasteiger partial charge in [-0.05, 0) is 48.7 Å². The van der Waals surface area contributed by atoms with Crippen molar-refractivity contribution in [2.45, 2.75) is 32.0 Å². The summed E-state index contributed by atoms with van der Waals surface area (Å²) < 4.78 is 54.4. The predicted octanol–water partition coefficient (Wildman–Crippen LogP) is 4.54. The van der Waals surface area contributed by atoms with Gasteiger partial charge in [0, 0.05) is 6.42 Å². The average molecular weight is 411 g/mol. The molecule has 0 saturated carbocycles. The predicted molar refractivity (Wildman–Crippen MR) is 102 cm³/mol. The second-order valence-corrected chi connectivity index (χ2v) is 6.45. The zero-order valence-electron chi connectivity index (χ0n) is 16.7. The third-order valence-electron chi connectivity index (χ3n) is 4.46. The normalized spacial score (nSPS) is 12.2. The van der Waals surface area contributed by atoms with Crippen molar-refractivity contribution >= 4 is 5.91 Å². The standard InChI is InChI=1S/C21H24F3NO4/c1-13(15-6-5-7-16(12-15)21(22,23)24)25-19(26)9-8-14-10-17(27-2)20(29-4)18(11-14)28-3/h5-7,10-13H,8-9H2,1-4H3,(H,25,26). The maximum Gasteiger partial charge on any atom is 0.416 e. The van der Waals surface area contributed by atoms with Crippen LogP contribution < -0.4 is 19.5 Å². The molecule has 0 fully saturated rings. The highest BCUT2D eigenvalue weighted by atomic mass is 19.4. The summed E-state index contributed by atoms with van der Waals surface area (Å²) in [5, 5.41) is 2.73. The van der Waals surface area contributed by atoms with Gasteiger partial charge in [-0.2, -0.15) is 13.2 Å². The van der Waals surface area contributed by atoms with Crippen molar-refractivity contribution in [3.8, 4) is 17.2 Å². The minimum absolute atomic E-state index is 0.155. The fourth-order valence-corrected chi connectivity index (χ4v) is 2.92. The first-order valence-corrected chi connectivity index (χ1v) is 8.95. The summed E-state index contributed by atoms with van der Waals surface area (Å²) in [6.07, 6.45) is -3.87. The number of nitrogens with one attached hydrogen (secondary N) is 1. The van der Waals surface area contributed by atoms with Crippen LogP contribution in [-0.2, 0) is 17.4 Å². The number of amides is 1. The molecule has 2 rings (SSSR count). The summed E-state index contributed by atoms with van der Waals surface area (Å²) in [5.74, 6) is 1.16. The number of carbonyl (C=O) groups excluding carboxylic acids is 1. The SMILES string of the molecule is COc1cc(CCC(=O)NC(C)c2cccc(C(F)(F)F)c2)cc(OC)c1OC. The van der Waals surface area contributed by atoms with Crippen molar-refractivity contribution in [1.82, 2.24) is 5.32 Å². The molecular weight excluding hydrogens is 387 g/mol. The fraction of sp³-hybridized carbons (Fsp3) is 0.381. The van der Waals surface area contributed by atoms with Crippen molar-refractivity contribution < 1.29 is 32.2 Å². The number of rotatable bonds is 8. The number of carbonyl (C=O) groups is 1. The largest absolute Gasteiger partial charge is 0.493 e. The summed E-state index contributed by atoms with van der Waals surface area (Å²) in [6, 6.07) is 7.89. The Morgan fingerprint density at radius 1 is 1.03 bits per heavy atom. The number of benzene rings is 2. The molecule has 2 aromatic carbocycles. The number of aryl methyl sites for hydroxylation is 1. The van der Waals surface area contributed by atoms with Crippen LogP contribution in [-0.4, -0.2) is 27.2 Å². The number of methoxy groups -OCH3 is 3. The summed E-state index contributed by atoms with van der Waals surface area (Å²) >= 11 is 0. The Morgan fingerprint density at radius 2 is 1.66 bits per heavy atom. The van der Waals surface area contributed by atoms with E-state index in [2.05, 4.69) is 5.32 Å². The molecule has 1 atom stereocenters. The van der Waals surface area contributed by atoms with Gasteiger partial charge in [0.25, 0.3) is 0 Å².